The molecule has 0 aromatic rings. The van der Waals surface area contributed by atoms with Gasteiger partial charge in [0.05, 0.1) is 51.2 Å². The predicted molar refractivity (Wildman–Crippen MR) is 281 cm³/mol. The summed E-state index contributed by atoms with van der Waals surface area (Å²) >= 11 is 1.72. The van der Waals surface area contributed by atoms with Gasteiger partial charge in [0.15, 0.2) is 44.0 Å². The third-order valence-corrected chi connectivity index (χ3v) is 18.9. The van der Waals surface area contributed by atoms with Gasteiger partial charge in [0.2, 0.25) is 0 Å². The molecule has 21 rings (SSSR count). The predicted octanol–water partition coefficient (Wildman–Crippen LogP) is -13.6. The monoisotopic (exact) mass is 1340 g/mol. The van der Waals surface area contributed by atoms with Crippen molar-refractivity contribution in [1.82, 2.24) is 0 Å². The number of hydrogen-bond donors (Lipinski definition) is 22. The van der Waals surface area contributed by atoms with E-state index in [0.29, 0.717) is 0 Å². The first kappa shape index (κ1) is 73.1. The maximum absolute atomic E-state index is 11.7. The van der Waals surface area contributed by atoms with E-state index in [1.807, 2.05) is 0 Å². The molecule has 21 heterocycles. The number of ether oxygens (including phenoxy) is 14. The van der Waals surface area contributed by atoms with E-state index in [4.69, 9.17) is 72.0 Å². The quantitative estimate of drug-likeness (QED) is 0.0724. The van der Waals surface area contributed by atoms with Crippen molar-refractivity contribution in [3.63, 3.8) is 0 Å². The SMILES string of the molecule is C[C@H](CSCC1O[C@@H]2O[C@@H]3C(CO)O[C@@H](O[C@@H]4C(CO)O[C@@H](O[C@@H]5C(CSC[C@@H](N)C(=O)O)O[C@@H](O[C@@H]6C(CO)O[C@H](O[C@@H]7C(CO)O[C@H](O[C@@H]8C(CO)O[C@H](O[C@@H]1[C@H](O)C2O)C(O)[C@H]8O)[C@@H](O)C7O)[C@@H](O)C6O)[C@@H](O)C5O)[C@@H](O)C4O)C(O)[C@H]3O)C(=O)O. The summed E-state index contributed by atoms with van der Waals surface area (Å²) in [6.45, 7) is -4.01. The maximum Gasteiger partial charge on any atom is 0.321 e. The maximum atomic E-state index is 11.7. The fraction of sp³-hybridized carbons (Fsp3) is 0.959. The zero-order chi connectivity index (χ0) is 65.2. The van der Waals surface area contributed by atoms with Crippen molar-refractivity contribution < 1.29 is 183 Å². The number of aliphatic hydroxyl groups excluding tert-OH is 19. The second kappa shape index (κ2) is 31.9. The minimum atomic E-state index is -2.25. The molecule has 0 amide bonds. The summed E-state index contributed by atoms with van der Waals surface area (Å²) in [6, 6.07) is -1.46. The molecule has 21 fully saturated rings. The van der Waals surface area contributed by atoms with Gasteiger partial charge in [-0.25, -0.2) is 0 Å². The highest BCUT2D eigenvalue weighted by Gasteiger charge is 2.60. The highest BCUT2D eigenvalue weighted by Crippen LogP contribution is 2.40. The second-order valence-electron chi connectivity index (χ2n) is 22.5. The third-order valence-electron chi connectivity index (χ3n) is 16.4. The van der Waals surface area contributed by atoms with Gasteiger partial charge in [-0.1, -0.05) is 6.92 Å². The lowest BCUT2D eigenvalue weighted by atomic mass is 9.95. The molecule has 0 spiro atoms. The first-order chi connectivity index (χ1) is 42.2. The number of rotatable bonds is 15. The standard InChI is InChI=1S/C49H81NO37S2/c1-11(41(70)71)7-88-9-18-39-25(61)32(68)48(79-18)84-37-16(5-54)75-45(28(64)21(37)57)83-36-15(4-53)78-47(31(67)24(36)60)87-40-19(10-89-8-12(50)42(72)73)80-49(33(69)26(40)62)85-38-17(6-55)76-44(29(65)22(38)58)81-34-13(2-51)74-43(27(63)20(34)56)82-35-14(3-52)77-46(86-39)30(66)23(35)59/h11-40,43-49,51-69H,2-10,50H2,1H3,(H,70,71)(H,72,73)/t11-,12-,13?,14?,15?,16?,17?,18?,19?,20?,21-,22?,23-,24?,25-,26?,27+,28?,29+,30?,31+,32?,33+,34-,35-,36-,37-,38-,39+,40-,43-,44-,45+,46-,47+,48-,49+/m1/s1. The lowest BCUT2D eigenvalue weighted by Crippen LogP contribution is -2.68. The molecule has 0 aliphatic carbocycles. The molecular formula is C49H81NO37S2. The van der Waals surface area contributed by atoms with Crippen molar-refractivity contribution in [2.24, 2.45) is 11.7 Å². The Bertz CT molecular complexity index is 2190. The van der Waals surface area contributed by atoms with Crippen LogP contribution in [-0.4, -0.2) is 396 Å². The topological polar surface area (TPSA) is 614 Å². The molecule has 14 bridgehead atoms. The largest absolute Gasteiger partial charge is 0.481 e. The minimum absolute atomic E-state index is 0.0967. The van der Waals surface area contributed by atoms with Crippen molar-refractivity contribution in [3.8, 4) is 0 Å². The lowest BCUT2D eigenvalue weighted by Gasteiger charge is -2.50. The Morgan fingerprint density at radius 2 is 0.506 bits per heavy atom. The molecule has 14 unspecified atom stereocenters. The summed E-state index contributed by atoms with van der Waals surface area (Å²) in [4.78, 5) is 23.3. The van der Waals surface area contributed by atoms with Gasteiger partial charge in [-0.05, 0) is 0 Å². The van der Waals surface area contributed by atoms with E-state index in [1.165, 1.54) is 6.92 Å². The van der Waals surface area contributed by atoms with Crippen LogP contribution in [0.25, 0.3) is 0 Å². The summed E-state index contributed by atoms with van der Waals surface area (Å²) in [5.41, 5.74) is 5.70. The van der Waals surface area contributed by atoms with Gasteiger partial charge in [-0.2, -0.15) is 23.5 Å². The lowest BCUT2D eigenvalue weighted by molar-refractivity contribution is -0.395. The van der Waals surface area contributed by atoms with Crippen LogP contribution in [0.1, 0.15) is 6.92 Å². The summed E-state index contributed by atoms with van der Waals surface area (Å²) in [6.07, 6.45) is -70.9. The molecule has 23 N–H and O–H groups in total. The first-order valence-corrected chi connectivity index (χ1v) is 30.6. The second-order valence-corrected chi connectivity index (χ2v) is 24.7. The molecule has 0 radical (unpaired) electrons. The summed E-state index contributed by atoms with van der Waals surface area (Å²) in [5, 5.41) is 233. The van der Waals surface area contributed by atoms with E-state index in [1.54, 1.807) is 0 Å². The van der Waals surface area contributed by atoms with Crippen LogP contribution in [0.5, 0.6) is 0 Å². The van der Waals surface area contributed by atoms with Gasteiger partial charge in [0.1, 0.15) is 165 Å². The molecule has 89 heavy (non-hydrogen) atoms. The van der Waals surface area contributed by atoms with Gasteiger partial charge in [0, 0.05) is 23.0 Å². The van der Waals surface area contributed by atoms with E-state index in [0.717, 1.165) is 23.5 Å². The highest BCUT2D eigenvalue weighted by molar-refractivity contribution is 7.99. The fourth-order valence-corrected chi connectivity index (χ4v) is 13.4. The van der Waals surface area contributed by atoms with Crippen molar-refractivity contribution in [3.05, 3.63) is 0 Å². The number of aliphatic hydroxyl groups is 19. The number of aliphatic carboxylic acids is 2. The molecule has 0 aromatic heterocycles. The highest BCUT2D eigenvalue weighted by atomic mass is 32.2. The van der Waals surface area contributed by atoms with Gasteiger partial charge < -0.3 is 179 Å². The smallest absolute Gasteiger partial charge is 0.321 e. The van der Waals surface area contributed by atoms with Gasteiger partial charge in [-0.15, -0.1) is 0 Å². The number of carbonyl (C=O) groups is 2. The molecule has 21 aliphatic heterocycles. The van der Waals surface area contributed by atoms with Crippen molar-refractivity contribution in [1.29, 1.82) is 0 Å². The molecule has 0 aromatic carbocycles. The Hall–Kier alpha value is -1.72. The Morgan fingerprint density at radius 1 is 0.315 bits per heavy atom. The van der Waals surface area contributed by atoms with E-state index < -0.39 is 272 Å². The summed E-state index contributed by atoms with van der Waals surface area (Å²) in [7, 11) is 0. The van der Waals surface area contributed by atoms with Gasteiger partial charge in [-0.3, -0.25) is 9.59 Å². The number of nitrogens with two attached hydrogens (primary N) is 1. The van der Waals surface area contributed by atoms with Crippen LogP contribution < -0.4 is 5.73 Å². The zero-order valence-electron chi connectivity index (χ0n) is 47.0. The Morgan fingerprint density at radius 3 is 0.697 bits per heavy atom. The molecular weight excluding hydrogens is 1260 g/mol. The molecule has 37 atom stereocenters. The number of thioether (sulfide) groups is 2. The molecule has 516 valence electrons. The minimum Gasteiger partial charge on any atom is -0.481 e. The number of carboxylic acids is 2. The summed E-state index contributed by atoms with van der Waals surface area (Å²) in [5.74, 6) is -4.70. The Labute approximate surface area is 512 Å². The van der Waals surface area contributed by atoms with Gasteiger partial charge in [0.25, 0.3) is 0 Å². The van der Waals surface area contributed by atoms with Crippen LogP contribution in [0.4, 0.5) is 0 Å². The Balaban J connectivity index is 1.11. The van der Waals surface area contributed by atoms with Crippen LogP contribution in [0, 0.1) is 5.92 Å². The van der Waals surface area contributed by atoms with E-state index >= 15 is 0 Å². The summed E-state index contributed by atoms with van der Waals surface area (Å²) < 4.78 is 81.8. The van der Waals surface area contributed by atoms with Crippen molar-refractivity contribution in [2.75, 3.05) is 56.0 Å². The average molecular weight is 1340 g/mol. The van der Waals surface area contributed by atoms with Crippen molar-refractivity contribution >= 4 is 35.5 Å². The average Bonchev–Trinajstić information content (AvgIpc) is 0.983. The van der Waals surface area contributed by atoms with E-state index in [9.17, 15) is 117 Å². The molecule has 40 heteroatoms. The third kappa shape index (κ3) is 15.9. The molecule has 21 aliphatic rings. The molecule has 0 saturated carbocycles. The van der Waals surface area contributed by atoms with E-state index in [-0.39, 0.29) is 23.0 Å². The Kier molecular flexibility index (Phi) is 26.2. The molecule has 38 nitrogen and oxygen atoms in total. The van der Waals surface area contributed by atoms with E-state index in [2.05, 4.69) is 0 Å². The first-order valence-electron chi connectivity index (χ1n) is 28.3. The van der Waals surface area contributed by atoms with Crippen LogP contribution >= 0.6 is 23.5 Å². The number of carboxylic acid groups (broad SMARTS) is 2. The van der Waals surface area contributed by atoms with Crippen molar-refractivity contribution in [2.45, 2.75) is 228 Å². The number of hydrogen-bond acceptors (Lipinski definition) is 38. The molecule has 21 saturated heterocycles. The van der Waals surface area contributed by atoms with Crippen LogP contribution in [0.3, 0.4) is 0 Å². The van der Waals surface area contributed by atoms with Crippen LogP contribution in [-0.2, 0) is 75.9 Å². The zero-order valence-corrected chi connectivity index (χ0v) is 48.7. The normalized spacial score (nSPS) is 50.1. The van der Waals surface area contributed by atoms with Crippen LogP contribution in [0.15, 0.2) is 0 Å². The van der Waals surface area contributed by atoms with Gasteiger partial charge >= 0.3 is 11.9 Å². The fourth-order valence-electron chi connectivity index (χ4n) is 11.2. The van der Waals surface area contributed by atoms with Crippen LogP contribution in [0.2, 0.25) is 0 Å².